The van der Waals surface area contributed by atoms with E-state index >= 15 is 0 Å². The number of hydrogen-bond donors (Lipinski definition) is 1. The first kappa shape index (κ1) is 12.2. The van der Waals surface area contributed by atoms with Crippen molar-refractivity contribution in [3.05, 3.63) is 18.1 Å². The summed E-state index contributed by atoms with van der Waals surface area (Å²) in [6, 6.07) is 1.98. The molecule has 2 aromatic heterocycles. The van der Waals surface area contributed by atoms with E-state index in [0.29, 0.717) is 5.78 Å². The van der Waals surface area contributed by atoms with Crippen LogP contribution in [0.2, 0.25) is 0 Å². The second kappa shape index (κ2) is 4.52. The molecule has 2 aromatic rings. The van der Waals surface area contributed by atoms with Gasteiger partial charge in [-0.1, -0.05) is 0 Å². The molecule has 17 heavy (non-hydrogen) atoms. The summed E-state index contributed by atoms with van der Waals surface area (Å²) in [5.41, 5.74) is 0.940. The second-order valence-electron chi connectivity index (χ2n) is 4.57. The average molecular weight is 251 g/mol. The Kier molecular flexibility index (Phi) is 3.24. The minimum atomic E-state index is 0.185. The zero-order valence-electron chi connectivity index (χ0n) is 10.6. The van der Waals surface area contributed by atoms with Gasteiger partial charge < -0.3 is 5.32 Å². The third kappa shape index (κ3) is 2.69. The maximum absolute atomic E-state index is 4.31. The Bertz CT molecular complexity index is 520. The lowest BCUT2D eigenvalue weighted by Crippen LogP contribution is -2.26. The molecule has 0 aliphatic carbocycles. The molecule has 0 spiro atoms. The second-order valence-corrected chi connectivity index (χ2v) is 6.09. The van der Waals surface area contributed by atoms with Crippen LogP contribution in [0.15, 0.2) is 12.4 Å². The SMILES string of the molecule is CSC(C)(C)CNc1cc(C)nc2ncnn12. The number of thioether (sulfide) groups is 1. The molecule has 0 aliphatic rings. The molecule has 0 saturated heterocycles. The van der Waals surface area contributed by atoms with Crippen LogP contribution in [0.4, 0.5) is 5.82 Å². The van der Waals surface area contributed by atoms with Crippen molar-refractivity contribution in [2.45, 2.75) is 25.5 Å². The molecule has 0 radical (unpaired) electrons. The van der Waals surface area contributed by atoms with Gasteiger partial charge in [0.15, 0.2) is 0 Å². The van der Waals surface area contributed by atoms with Gasteiger partial charge in [0.1, 0.15) is 12.1 Å². The lowest BCUT2D eigenvalue weighted by atomic mass is 10.2. The quantitative estimate of drug-likeness (QED) is 0.900. The van der Waals surface area contributed by atoms with E-state index in [0.717, 1.165) is 18.1 Å². The highest BCUT2D eigenvalue weighted by Crippen LogP contribution is 2.21. The van der Waals surface area contributed by atoms with Crippen LogP contribution < -0.4 is 5.32 Å². The van der Waals surface area contributed by atoms with Gasteiger partial charge in [-0.3, -0.25) is 0 Å². The van der Waals surface area contributed by atoms with Gasteiger partial charge in [-0.15, -0.1) is 0 Å². The Hall–Kier alpha value is -1.30. The molecule has 0 saturated carbocycles. The van der Waals surface area contributed by atoms with Crippen LogP contribution in [0.1, 0.15) is 19.5 Å². The molecule has 0 aliphatic heterocycles. The first-order valence-electron chi connectivity index (χ1n) is 5.48. The van der Waals surface area contributed by atoms with E-state index in [-0.39, 0.29) is 4.75 Å². The molecule has 5 nitrogen and oxygen atoms in total. The first-order chi connectivity index (χ1) is 8.02. The van der Waals surface area contributed by atoms with Crippen LogP contribution in [0.25, 0.3) is 5.78 Å². The van der Waals surface area contributed by atoms with Crippen molar-refractivity contribution < 1.29 is 0 Å². The minimum absolute atomic E-state index is 0.185. The fourth-order valence-corrected chi connectivity index (χ4v) is 1.65. The largest absolute Gasteiger partial charge is 0.368 e. The molecule has 0 unspecified atom stereocenters. The van der Waals surface area contributed by atoms with E-state index in [1.54, 1.807) is 4.52 Å². The van der Waals surface area contributed by atoms with Gasteiger partial charge in [-0.2, -0.15) is 26.4 Å². The molecule has 6 heteroatoms. The Balaban J connectivity index is 2.26. The lowest BCUT2D eigenvalue weighted by Gasteiger charge is -2.23. The van der Waals surface area contributed by atoms with Crippen molar-refractivity contribution >= 4 is 23.4 Å². The number of aryl methyl sites for hydroxylation is 1. The number of aromatic nitrogens is 4. The van der Waals surface area contributed by atoms with E-state index in [4.69, 9.17) is 0 Å². The van der Waals surface area contributed by atoms with E-state index in [1.807, 2.05) is 24.8 Å². The van der Waals surface area contributed by atoms with Crippen molar-refractivity contribution in [3.8, 4) is 0 Å². The number of anilines is 1. The van der Waals surface area contributed by atoms with Crippen LogP contribution in [0.5, 0.6) is 0 Å². The summed E-state index contributed by atoms with van der Waals surface area (Å²) in [6.07, 6.45) is 3.64. The summed E-state index contributed by atoms with van der Waals surface area (Å²) in [5, 5.41) is 7.57. The molecule has 0 bridgehead atoms. The third-order valence-electron chi connectivity index (χ3n) is 2.63. The summed E-state index contributed by atoms with van der Waals surface area (Å²) in [6.45, 7) is 7.24. The van der Waals surface area contributed by atoms with Gasteiger partial charge in [0.2, 0.25) is 0 Å². The maximum atomic E-state index is 4.31. The Morgan fingerprint density at radius 2 is 2.24 bits per heavy atom. The Morgan fingerprint density at radius 1 is 1.47 bits per heavy atom. The van der Waals surface area contributed by atoms with Crippen molar-refractivity contribution in [1.29, 1.82) is 0 Å². The number of fused-ring (bicyclic) bond motifs is 1. The average Bonchev–Trinajstić information content (AvgIpc) is 2.73. The van der Waals surface area contributed by atoms with E-state index < -0.39 is 0 Å². The highest BCUT2D eigenvalue weighted by Gasteiger charge is 2.16. The lowest BCUT2D eigenvalue weighted by molar-refractivity contribution is 0.744. The summed E-state index contributed by atoms with van der Waals surface area (Å²) >= 11 is 1.83. The van der Waals surface area contributed by atoms with Gasteiger partial charge in [0, 0.05) is 23.1 Å². The van der Waals surface area contributed by atoms with Crippen LogP contribution in [0, 0.1) is 6.92 Å². The van der Waals surface area contributed by atoms with Crippen LogP contribution in [-0.2, 0) is 0 Å². The zero-order valence-corrected chi connectivity index (χ0v) is 11.4. The monoisotopic (exact) mass is 251 g/mol. The van der Waals surface area contributed by atoms with E-state index in [1.165, 1.54) is 6.33 Å². The zero-order chi connectivity index (χ0) is 12.5. The van der Waals surface area contributed by atoms with Crippen LogP contribution in [0.3, 0.4) is 0 Å². The molecule has 92 valence electrons. The predicted octanol–water partition coefficient (Wildman–Crippen LogP) is 1.99. The number of nitrogens with zero attached hydrogens (tertiary/aromatic N) is 4. The first-order valence-corrected chi connectivity index (χ1v) is 6.71. The Morgan fingerprint density at radius 3 is 2.94 bits per heavy atom. The van der Waals surface area contributed by atoms with Crippen molar-refractivity contribution in [2.75, 3.05) is 18.1 Å². The molecule has 1 N–H and O–H groups in total. The molecule has 2 rings (SSSR count). The van der Waals surface area contributed by atoms with Gasteiger partial charge in [-0.25, -0.2) is 4.98 Å². The van der Waals surface area contributed by atoms with Gasteiger partial charge >= 0.3 is 0 Å². The molecule has 0 aromatic carbocycles. The maximum Gasteiger partial charge on any atom is 0.254 e. The fraction of sp³-hybridized carbons (Fsp3) is 0.545. The van der Waals surface area contributed by atoms with Crippen molar-refractivity contribution in [2.24, 2.45) is 0 Å². The summed E-state index contributed by atoms with van der Waals surface area (Å²) in [4.78, 5) is 8.41. The summed E-state index contributed by atoms with van der Waals surface area (Å²) in [5.74, 6) is 1.57. The standard InChI is InChI=1S/C11H17N5S/c1-8-5-9(12-6-11(2,3)17-4)16-10(15-8)13-7-14-16/h5,7,12H,6H2,1-4H3. The van der Waals surface area contributed by atoms with Gasteiger partial charge in [0.05, 0.1) is 0 Å². The normalized spacial score (nSPS) is 12.0. The topological polar surface area (TPSA) is 55.1 Å². The highest BCUT2D eigenvalue weighted by atomic mass is 32.2. The summed E-state index contributed by atoms with van der Waals surface area (Å²) < 4.78 is 1.91. The van der Waals surface area contributed by atoms with Gasteiger partial charge in [0.25, 0.3) is 5.78 Å². The third-order valence-corrected chi connectivity index (χ3v) is 3.88. The number of rotatable bonds is 4. The van der Waals surface area contributed by atoms with Crippen LogP contribution >= 0.6 is 11.8 Å². The predicted molar refractivity (Wildman–Crippen MR) is 71.6 cm³/mol. The van der Waals surface area contributed by atoms with E-state index in [9.17, 15) is 0 Å². The number of hydrogen-bond acceptors (Lipinski definition) is 5. The van der Waals surface area contributed by atoms with Crippen molar-refractivity contribution in [1.82, 2.24) is 19.6 Å². The number of nitrogens with one attached hydrogen (secondary N) is 1. The van der Waals surface area contributed by atoms with E-state index in [2.05, 4.69) is 40.5 Å². The molecule has 0 fully saturated rings. The molecular weight excluding hydrogens is 234 g/mol. The fourth-order valence-electron chi connectivity index (χ4n) is 1.43. The molecule has 2 heterocycles. The van der Waals surface area contributed by atoms with Gasteiger partial charge in [-0.05, 0) is 27.0 Å². The highest BCUT2D eigenvalue weighted by molar-refractivity contribution is 7.99. The molecular formula is C11H17N5S. The summed E-state index contributed by atoms with van der Waals surface area (Å²) in [7, 11) is 0. The smallest absolute Gasteiger partial charge is 0.254 e. The molecule has 0 atom stereocenters. The van der Waals surface area contributed by atoms with Crippen molar-refractivity contribution in [3.63, 3.8) is 0 Å². The Labute approximate surface area is 105 Å². The molecule has 0 amide bonds. The van der Waals surface area contributed by atoms with Crippen LogP contribution in [-0.4, -0.2) is 37.1 Å². The minimum Gasteiger partial charge on any atom is -0.368 e.